The summed E-state index contributed by atoms with van der Waals surface area (Å²) in [6.07, 6.45) is -2.51. The minimum Gasteiger partial charge on any atom is -0.258 e. The van der Waals surface area contributed by atoms with Gasteiger partial charge < -0.3 is 0 Å². The van der Waals surface area contributed by atoms with Gasteiger partial charge in [0.25, 0.3) is 6.43 Å². The summed E-state index contributed by atoms with van der Waals surface area (Å²) < 4.78 is 23.6. The van der Waals surface area contributed by atoms with Crippen LogP contribution >= 0.6 is 23.6 Å². The Morgan fingerprint density at radius 1 is 1.67 bits per heavy atom. The van der Waals surface area contributed by atoms with E-state index in [0.29, 0.717) is 0 Å². The molecule has 2 nitrogen and oxygen atoms in total. The summed E-state index contributed by atoms with van der Waals surface area (Å²) in [4.78, 5) is 0. The Kier molecular flexibility index (Phi) is 1.87. The second-order valence-electron chi connectivity index (χ2n) is 1.25. The smallest absolute Gasteiger partial charge is 0.258 e. The number of alkyl halides is 2. The van der Waals surface area contributed by atoms with Crippen LogP contribution in [0.5, 0.6) is 0 Å². The summed E-state index contributed by atoms with van der Waals surface area (Å²) in [5, 5.41) is 5.26. The minimum absolute atomic E-state index is 0.250. The van der Waals surface area contributed by atoms with E-state index in [1.807, 2.05) is 0 Å². The highest BCUT2D eigenvalue weighted by Gasteiger charge is 2.09. The first kappa shape index (κ1) is 6.76. The molecule has 1 rings (SSSR count). The van der Waals surface area contributed by atoms with Crippen LogP contribution in [-0.4, -0.2) is 10.2 Å². The summed E-state index contributed by atoms with van der Waals surface area (Å²) in [6.45, 7) is 0. The van der Waals surface area contributed by atoms with E-state index < -0.39 is 6.43 Å². The molecule has 0 atom stereocenters. The number of halogens is 2. The molecular formula is C3H2F2N2S2. The van der Waals surface area contributed by atoms with E-state index in [-0.39, 0.29) is 8.96 Å². The van der Waals surface area contributed by atoms with Gasteiger partial charge in [0.15, 0.2) is 8.96 Å². The summed E-state index contributed by atoms with van der Waals surface area (Å²) >= 11 is 5.31. The van der Waals surface area contributed by atoms with Gasteiger partial charge in [0.2, 0.25) is 0 Å². The van der Waals surface area contributed by atoms with E-state index in [1.54, 1.807) is 0 Å². The van der Waals surface area contributed by atoms with Crippen LogP contribution in [0.1, 0.15) is 11.4 Å². The standard InChI is InChI=1S/C3H2F2N2S2/c4-1(5)2-6-7-3(8)9-2/h1H,(H,7,8). The third kappa shape index (κ3) is 1.52. The molecule has 0 radical (unpaired) electrons. The average molecular weight is 168 g/mol. The number of H-pyrrole nitrogens is 1. The normalized spacial score (nSPS) is 10.6. The number of nitrogens with zero attached hydrogens (tertiary/aromatic N) is 1. The van der Waals surface area contributed by atoms with Crippen molar-refractivity contribution < 1.29 is 8.78 Å². The summed E-state index contributed by atoms with van der Waals surface area (Å²) in [5.41, 5.74) is 0. The van der Waals surface area contributed by atoms with Gasteiger partial charge in [0, 0.05) is 0 Å². The fraction of sp³-hybridized carbons (Fsp3) is 0.333. The van der Waals surface area contributed by atoms with Crippen LogP contribution in [0.3, 0.4) is 0 Å². The number of aromatic nitrogens is 2. The van der Waals surface area contributed by atoms with Crippen LogP contribution in [-0.2, 0) is 0 Å². The number of aromatic amines is 1. The Bertz CT molecular complexity index is 240. The van der Waals surface area contributed by atoms with E-state index in [2.05, 4.69) is 22.4 Å². The topological polar surface area (TPSA) is 28.7 Å². The second-order valence-corrected chi connectivity index (χ2v) is 2.95. The van der Waals surface area contributed by atoms with Crippen LogP contribution in [0, 0.1) is 3.95 Å². The third-order valence-electron chi connectivity index (χ3n) is 0.641. The van der Waals surface area contributed by atoms with Crippen LogP contribution in [0.2, 0.25) is 0 Å². The molecule has 1 N–H and O–H groups in total. The predicted octanol–water partition coefficient (Wildman–Crippen LogP) is 2.14. The molecule has 50 valence electrons. The lowest BCUT2D eigenvalue weighted by Gasteiger charge is -1.84. The van der Waals surface area contributed by atoms with Crippen LogP contribution < -0.4 is 0 Å². The molecule has 0 saturated carbocycles. The van der Waals surface area contributed by atoms with E-state index in [0.717, 1.165) is 11.3 Å². The van der Waals surface area contributed by atoms with Gasteiger partial charge in [-0.2, -0.15) is 5.10 Å². The SMILES string of the molecule is FC(F)c1n[nH]c(=S)s1. The Balaban J connectivity index is 2.98. The average Bonchev–Trinajstić information content (AvgIpc) is 2.14. The molecule has 9 heavy (non-hydrogen) atoms. The number of hydrogen-bond donors (Lipinski definition) is 1. The lowest BCUT2D eigenvalue weighted by atomic mass is 10.8. The Morgan fingerprint density at radius 3 is 2.56 bits per heavy atom. The van der Waals surface area contributed by atoms with Gasteiger partial charge in [0.1, 0.15) is 0 Å². The van der Waals surface area contributed by atoms with Crippen molar-refractivity contribution in [3.63, 3.8) is 0 Å². The molecule has 0 saturated heterocycles. The number of hydrogen-bond acceptors (Lipinski definition) is 3. The Morgan fingerprint density at radius 2 is 2.33 bits per heavy atom. The number of rotatable bonds is 1. The van der Waals surface area contributed by atoms with Crippen molar-refractivity contribution in [2.24, 2.45) is 0 Å². The van der Waals surface area contributed by atoms with Crippen molar-refractivity contribution in [2.75, 3.05) is 0 Å². The van der Waals surface area contributed by atoms with Gasteiger partial charge in [-0.3, -0.25) is 5.10 Å². The molecular weight excluding hydrogens is 166 g/mol. The highest BCUT2D eigenvalue weighted by Crippen LogP contribution is 2.19. The molecule has 1 aromatic heterocycles. The maximum atomic E-state index is 11.7. The zero-order chi connectivity index (χ0) is 6.85. The van der Waals surface area contributed by atoms with Crippen LogP contribution in [0.15, 0.2) is 0 Å². The van der Waals surface area contributed by atoms with Gasteiger partial charge >= 0.3 is 0 Å². The molecule has 1 aromatic rings. The fourth-order valence-electron chi connectivity index (χ4n) is 0.335. The Hall–Kier alpha value is -0.360. The molecule has 1 heterocycles. The largest absolute Gasteiger partial charge is 0.291 e. The lowest BCUT2D eigenvalue weighted by Crippen LogP contribution is -1.79. The minimum atomic E-state index is -2.51. The van der Waals surface area contributed by atoms with Crippen molar-refractivity contribution in [1.82, 2.24) is 10.2 Å². The molecule has 6 heteroatoms. The second kappa shape index (κ2) is 2.49. The molecule has 0 aromatic carbocycles. The van der Waals surface area contributed by atoms with Crippen LogP contribution in [0.4, 0.5) is 8.78 Å². The van der Waals surface area contributed by atoms with E-state index >= 15 is 0 Å². The highest BCUT2D eigenvalue weighted by molar-refractivity contribution is 7.73. The van der Waals surface area contributed by atoms with Crippen molar-refractivity contribution in [2.45, 2.75) is 6.43 Å². The summed E-state index contributed by atoms with van der Waals surface area (Å²) in [7, 11) is 0. The third-order valence-corrected chi connectivity index (χ3v) is 1.74. The van der Waals surface area contributed by atoms with E-state index in [9.17, 15) is 8.78 Å². The van der Waals surface area contributed by atoms with Crippen LogP contribution in [0.25, 0.3) is 0 Å². The number of nitrogens with one attached hydrogen (secondary N) is 1. The van der Waals surface area contributed by atoms with Gasteiger partial charge in [-0.05, 0) is 12.2 Å². The van der Waals surface area contributed by atoms with E-state index in [1.165, 1.54) is 0 Å². The zero-order valence-corrected chi connectivity index (χ0v) is 5.73. The monoisotopic (exact) mass is 168 g/mol. The maximum absolute atomic E-state index is 11.7. The van der Waals surface area contributed by atoms with Crippen molar-refractivity contribution >= 4 is 23.6 Å². The first-order chi connectivity index (χ1) is 4.20. The molecule has 0 amide bonds. The quantitative estimate of drug-likeness (QED) is 0.651. The first-order valence-corrected chi connectivity index (χ1v) is 3.26. The molecule has 0 spiro atoms. The zero-order valence-electron chi connectivity index (χ0n) is 4.10. The molecule has 0 unspecified atom stereocenters. The van der Waals surface area contributed by atoms with Crippen molar-refractivity contribution in [3.05, 3.63) is 8.96 Å². The fourth-order valence-corrected chi connectivity index (χ4v) is 1.10. The molecule has 0 aliphatic heterocycles. The maximum Gasteiger partial charge on any atom is 0.291 e. The molecule has 0 aliphatic rings. The summed E-state index contributed by atoms with van der Waals surface area (Å²) in [6, 6.07) is 0. The predicted molar refractivity (Wildman–Crippen MR) is 32.3 cm³/mol. The van der Waals surface area contributed by atoms with Gasteiger partial charge in [-0.25, -0.2) is 8.78 Å². The van der Waals surface area contributed by atoms with Gasteiger partial charge in [0.05, 0.1) is 0 Å². The summed E-state index contributed by atoms with van der Waals surface area (Å²) in [5.74, 6) is 0. The van der Waals surface area contributed by atoms with Gasteiger partial charge in [-0.15, -0.1) is 0 Å². The lowest BCUT2D eigenvalue weighted by molar-refractivity contribution is 0.150. The first-order valence-electron chi connectivity index (χ1n) is 2.03. The molecule has 0 aliphatic carbocycles. The van der Waals surface area contributed by atoms with Crippen molar-refractivity contribution in [3.8, 4) is 0 Å². The van der Waals surface area contributed by atoms with Gasteiger partial charge in [-0.1, -0.05) is 11.3 Å². The van der Waals surface area contributed by atoms with Crippen molar-refractivity contribution in [1.29, 1.82) is 0 Å². The molecule has 0 fully saturated rings. The Labute approximate surface area is 58.5 Å². The molecule has 0 bridgehead atoms. The highest BCUT2D eigenvalue weighted by atomic mass is 32.1. The van der Waals surface area contributed by atoms with E-state index in [4.69, 9.17) is 0 Å².